The Labute approximate surface area is 114 Å². The predicted octanol–water partition coefficient (Wildman–Crippen LogP) is -1.98. The van der Waals surface area contributed by atoms with Crippen molar-refractivity contribution in [2.24, 2.45) is 0 Å². The SMILES string of the molecule is C#CC1(F)[C@@H](O)[C@@H]([C@@H](C)O)O[C@H]1N1C=CC(=O)NC1O. The quantitative estimate of drug-likeness (QED) is 0.439. The minimum atomic E-state index is -2.64. The van der Waals surface area contributed by atoms with Crippen molar-refractivity contribution in [1.29, 1.82) is 0 Å². The van der Waals surface area contributed by atoms with Crippen LogP contribution in [0.25, 0.3) is 0 Å². The first-order valence-electron chi connectivity index (χ1n) is 5.93. The van der Waals surface area contributed by atoms with Crippen LogP contribution in [0.3, 0.4) is 0 Å². The standard InChI is InChI=1S/C12H15FN2O5/c1-3-12(13)9(18)8(6(2)16)20-10(12)15-5-4-7(17)14-11(15)19/h1,4-6,8-11,16,18-19H,2H3,(H,14,17)/t6-,8-,9+,10-,11?,12?/m1/s1. The molecule has 110 valence electrons. The van der Waals surface area contributed by atoms with Gasteiger partial charge in [-0.1, -0.05) is 5.92 Å². The van der Waals surface area contributed by atoms with Crippen LogP contribution in [-0.4, -0.2) is 62.7 Å². The molecule has 20 heavy (non-hydrogen) atoms. The van der Waals surface area contributed by atoms with Crippen LogP contribution in [0.5, 0.6) is 0 Å². The van der Waals surface area contributed by atoms with Gasteiger partial charge in [0.1, 0.15) is 12.2 Å². The molecule has 0 saturated carbocycles. The molecule has 0 aromatic rings. The Hall–Kier alpha value is -1.66. The second-order valence-corrected chi connectivity index (χ2v) is 4.70. The first-order chi connectivity index (χ1) is 9.31. The number of aliphatic hydroxyl groups excluding tert-OH is 3. The molecule has 2 aliphatic heterocycles. The predicted molar refractivity (Wildman–Crippen MR) is 64.1 cm³/mol. The zero-order valence-electron chi connectivity index (χ0n) is 10.6. The van der Waals surface area contributed by atoms with Gasteiger partial charge in [-0.3, -0.25) is 4.79 Å². The van der Waals surface area contributed by atoms with Crippen molar-refractivity contribution in [3.8, 4) is 12.3 Å². The Morgan fingerprint density at radius 3 is 2.80 bits per heavy atom. The summed E-state index contributed by atoms with van der Waals surface area (Å²) in [5.74, 6) is 1.24. The molecule has 2 unspecified atom stereocenters. The van der Waals surface area contributed by atoms with Crippen molar-refractivity contribution in [3.63, 3.8) is 0 Å². The molecule has 2 rings (SSSR count). The lowest BCUT2D eigenvalue weighted by Gasteiger charge is -2.37. The number of nitrogens with one attached hydrogen (secondary N) is 1. The number of hydrogen-bond acceptors (Lipinski definition) is 6. The van der Waals surface area contributed by atoms with Crippen LogP contribution in [0.1, 0.15) is 6.92 Å². The molecule has 0 aromatic heterocycles. The number of nitrogens with zero attached hydrogens (tertiary/aromatic N) is 1. The number of aliphatic hydroxyl groups is 3. The number of halogens is 1. The summed E-state index contributed by atoms with van der Waals surface area (Å²) in [5, 5.41) is 31.2. The molecule has 1 fully saturated rings. The van der Waals surface area contributed by atoms with Gasteiger partial charge in [0.2, 0.25) is 17.9 Å². The number of alkyl halides is 1. The molecular weight excluding hydrogens is 271 g/mol. The largest absolute Gasteiger partial charge is 0.391 e. The fourth-order valence-corrected chi connectivity index (χ4v) is 2.22. The highest BCUT2D eigenvalue weighted by Crippen LogP contribution is 2.38. The van der Waals surface area contributed by atoms with E-state index < -0.39 is 42.5 Å². The molecule has 1 saturated heterocycles. The first-order valence-corrected chi connectivity index (χ1v) is 5.93. The van der Waals surface area contributed by atoms with E-state index in [0.717, 1.165) is 17.2 Å². The summed E-state index contributed by atoms with van der Waals surface area (Å²) in [4.78, 5) is 12.0. The molecular formula is C12H15FN2O5. The maximum Gasteiger partial charge on any atom is 0.248 e. The van der Waals surface area contributed by atoms with Crippen molar-refractivity contribution in [3.05, 3.63) is 12.3 Å². The molecule has 0 bridgehead atoms. The van der Waals surface area contributed by atoms with Crippen molar-refractivity contribution in [1.82, 2.24) is 10.2 Å². The molecule has 0 aromatic carbocycles. The van der Waals surface area contributed by atoms with Crippen molar-refractivity contribution >= 4 is 5.91 Å². The second kappa shape index (κ2) is 5.03. The number of amides is 1. The average Bonchev–Trinajstić information content (AvgIpc) is 2.64. The smallest absolute Gasteiger partial charge is 0.248 e. The van der Waals surface area contributed by atoms with E-state index in [9.17, 15) is 24.5 Å². The number of carbonyl (C=O) groups excluding carboxylic acids is 1. The highest BCUT2D eigenvalue weighted by atomic mass is 19.1. The molecule has 0 aliphatic carbocycles. The van der Waals surface area contributed by atoms with E-state index in [-0.39, 0.29) is 0 Å². The number of hydrogen-bond donors (Lipinski definition) is 4. The van der Waals surface area contributed by atoms with E-state index in [0.29, 0.717) is 0 Å². The van der Waals surface area contributed by atoms with E-state index >= 15 is 0 Å². The summed E-state index contributed by atoms with van der Waals surface area (Å²) < 4.78 is 20.0. The third-order valence-corrected chi connectivity index (χ3v) is 3.31. The van der Waals surface area contributed by atoms with Crippen LogP contribution < -0.4 is 5.32 Å². The number of rotatable bonds is 2. The lowest BCUT2D eigenvalue weighted by molar-refractivity contribution is -0.158. The van der Waals surface area contributed by atoms with Gasteiger partial charge < -0.3 is 30.3 Å². The summed E-state index contributed by atoms with van der Waals surface area (Å²) in [6.07, 6.45) is -0.00499. The topological polar surface area (TPSA) is 102 Å². The summed E-state index contributed by atoms with van der Waals surface area (Å²) in [6.45, 7) is 1.32. The van der Waals surface area contributed by atoms with E-state index in [1.807, 2.05) is 0 Å². The molecule has 7 nitrogen and oxygen atoms in total. The highest BCUT2D eigenvalue weighted by Gasteiger charge is 2.60. The second-order valence-electron chi connectivity index (χ2n) is 4.70. The fourth-order valence-electron chi connectivity index (χ4n) is 2.22. The lowest BCUT2D eigenvalue weighted by Crippen LogP contribution is -2.58. The minimum Gasteiger partial charge on any atom is -0.391 e. The highest BCUT2D eigenvalue weighted by molar-refractivity contribution is 5.88. The summed E-state index contributed by atoms with van der Waals surface area (Å²) in [5.41, 5.74) is -2.64. The average molecular weight is 286 g/mol. The first kappa shape index (κ1) is 14.7. The Kier molecular flexibility index (Phi) is 3.71. The van der Waals surface area contributed by atoms with Gasteiger partial charge in [-0.15, -0.1) is 6.42 Å². The molecule has 0 radical (unpaired) electrons. The van der Waals surface area contributed by atoms with Crippen molar-refractivity contribution < 1.29 is 29.2 Å². The number of carbonyl (C=O) groups is 1. The van der Waals surface area contributed by atoms with Crippen LogP contribution in [0, 0.1) is 12.3 Å². The number of terminal acetylenes is 1. The van der Waals surface area contributed by atoms with Gasteiger partial charge in [0.05, 0.1) is 6.10 Å². The summed E-state index contributed by atoms with van der Waals surface area (Å²) in [7, 11) is 0. The molecule has 8 heteroatoms. The zero-order chi connectivity index (χ0) is 15.1. The normalized spacial score (nSPS) is 42.2. The van der Waals surface area contributed by atoms with Gasteiger partial charge in [0.15, 0.2) is 6.23 Å². The van der Waals surface area contributed by atoms with Crippen LogP contribution in [0.2, 0.25) is 0 Å². The third-order valence-electron chi connectivity index (χ3n) is 3.31. The third kappa shape index (κ3) is 2.14. The van der Waals surface area contributed by atoms with Crippen molar-refractivity contribution in [2.45, 2.75) is 43.5 Å². The summed E-state index contributed by atoms with van der Waals surface area (Å²) in [6, 6.07) is 0. The molecule has 0 spiro atoms. The summed E-state index contributed by atoms with van der Waals surface area (Å²) >= 11 is 0. The lowest BCUT2D eigenvalue weighted by atomic mass is 9.94. The van der Waals surface area contributed by atoms with E-state index in [1.165, 1.54) is 6.92 Å². The van der Waals surface area contributed by atoms with Crippen LogP contribution >= 0.6 is 0 Å². The van der Waals surface area contributed by atoms with Gasteiger partial charge in [-0.25, -0.2) is 4.39 Å². The van der Waals surface area contributed by atoms with Gasteiger partial charge in [0.25, 0.3) is 0 Å². The van der Waals surface area contributed by atoms with E-state index in [2.05, 4.69) is 5.32 Å². The Morgan fingerprint density at radius 2 is 2.30 bits per heavy atom. The molecule has 4 N–H and O–H groups in total. The van der Waals surface area contributed by atoms with Gasteiger partial charge in [-0.05, 0) is 6.92 Å². The maximum absolute atomic E-state index is 14.7. The molecule has 2 heterocycles. The van der Waals surface area contributed by atoms with Gasteiger partial charge in [-0.2, -0.15) is 0 Å². The van der Waals surface area contributed by atoms with Gasteiger partial charge in [0, 0.05) is 12.3 Å². The van der Waals surface area contributed by atoms with Crippen LogP contribution in [0.15, 0.2) is 12.3 Å². The van der Waals surface area contributed by atoms with Gasteiger partial charge >= 0.3 is 0 Å². The molecule has 1 amide bonds. The van der Waals surface area contributed by atoms with E-state index in [1.54, 1.807) is 5.92 Å². The van der Waals surface area contributed by atoms with Crippen molar-refractivity contribution in [2.75, 3.05) is 0 Å². The Bertz CT molecular complexity index is 477. The van der Waals surface area contributed by atoms with Crippen LogP contribution in [0.4, 0.5) is 4.39 Å². The van der Waals surface area contributed by atoms with Crippen LogP contribution in [-0.2, 0) is 9.53 Å². The molecule has 2 aliphatic rings. The monoisotopic (exact) mass is 286 g/mol. The maximum atomic E-state index is 14.7. The Balaban J connectivity index is 2.33. The van der Waals surface area contributed by atoms with E-state index in [4.69, 9.17) is 11.2 Å². The fraction of sp³-hybridized carbons (Fsp3) is 0.583. The minimum absolute atomic E-state index is 0.565. The zero-order valence-corrected chi connectivity index (χ0v) is 10.6. The molecule has 6 atom stereocenters. The Morgan fingerprint density at radius 1 is 1.65 bits per heavy atom. The number of ether oxygens (including phenoxy) is 1.